The summed E-state index contributed by atoms with van der Waals surface area (Å²) in [5.74, 6) is 0.704. The van der Waals surface area contributed by atoms with Gasteiger partial charge in [0.1, 0.15) is 5.82 Å². The first-order valence-corrected chi connectivity index (χ1v) is 9.15. The van der Waals surface area contributed by atoms with Crippen LogP contribution in [0.15, 0.2) is 30.5 Å². The zero-order chi connectivity index (χ0) is 16.8. The number of fused-ring (bicyclic) bond motifs is 1. The number of benzene rings is 1. The van der Waals surface area contributed by atoms with Crippen molar-refractivity contribution in [1.82, 2.24) is 14.3 Å². The molecule has 122 valence electrons. The third-order valence-electron chi connectivity index (χ3n) is 3.83. The molecule has 0 bridgehead atoms. The van der Waals surface area contributed by atoms with Crippen LogP contribution in [0.3, 0.4) is 0 Å². The van der Waals surface area contributed by atoms with Gasteiger partial charge in [-0.3, -0.25) is 4.68 Å². The van der Waals surface area contributed by atoms with Crippen molar-refractivity contribution in [2.75, 3.05) is 5.75 Å². The average Bonchev–Trinajstić information content (AvgIpc) is 2.95. The zero-order valence-electron chi connectivity index (χ0n) is 12.8. The molecule has 0 atom stereocenters. The highest BCUT2D eigenvalue weighted by Crippen LogP contribution is 2.27. The predicted octanol–water partition coefficient (Wildman–Crippen LogP) is 2.16. The fraction of sp³-hybridized carbons (Fsp3) is 0.267. The lowest BCUT2D eigenvalue weighted by atomic mass is 10.2. The van der Waals surface area contributed by atoms with Gasteiger partial charge in [0.2, 0.25) is 10.0 Å². The van der Waals surface area contributed by atoms with E-state index in [1.54, 1.807) is 4.68 Å². The zero-order valence-corrected chi connectivity index (χ0v) is 14.4. The van der Waals surface area contributed by atoms with Crippen molar-refractivity contribution in [2.24, 2.45) is 12.2 Å². The first-order valence-electron chi connectivity index (χ1n) is 7.06. The lowest BCUT2D eigenvalue weighted by Crippen LogP contribution is -2.18. The molecule has 8 heteroatoms. The van der Waals surface area contributed by atoms with E-state index < -0.39 is 10.0 Å². The second-order valence-corrected chi connectivity index (χ2v) is 7.69. The Morgan fingerprint density at radius 1 is 1.30 bits per heavy atom. The average molecular weight is 353 g/mol. The summed E-state index contributed by atoms with van der Waals surface area (Å²) in [6.45, 7) is 1.86. The van der Waals surface area contributed by atoms with Gasteiger partial charge in [0.25, 0.3) is 0 Å². The van der Waals surface area contributed by atoms with Crippen LogP contribution in [0.2, 0.25) is 5.02 Å². The molecular formula is C15H17ClN4O2S. The third-order valence-corrected chi connectivity index (χ3v) is 4.84. The maximum Gasteiger partial charge on any atom is 0.209 e. The van der Waals surface area contributed by atoms with E-state index in [9.17, 15) is 8.42 Å². The molecule has 0 aliphatic rings. The maximum atomic E-state index is 11.3. The molecule has 0 fully saturated rings. The number of sulfonamides is 1. The molecule has 2 heterocycles. The van der Waals surface area contributed by atoms with Gasteiger partial charge in [-0.05, 0) is 31.5 Å². The SMILES string of the molecule is Cc1nn(C)c(-n2ccc3ccc(Cl)cc32)c1CCS(N)(=O)=O. The standard InChI is InChI=1S/C15H17ClN4O2S/c1-10-13(6-8-23(17,21)22)15(19(2)18-10)20-7-5-11-3-4-12(16)9-14(11)20/h3-5,7,9H,6,8H2,1-2H3,(H2,17,21,22). The molecule has 0 radical (unpaired) electrons. The van der Waals surface area contributed by atoms with Crippen molar-refractivity contribution in [3.05, 3.63) is 46.7 Å². The summed E-state index contributed by atoms with van der Waals surface area (Å²) >= 11 is 6.11. The van der Waals surface area contributed by atoms with Gasteiger partial charge in [-0.15, -0.1) is 0 Å². The van der Waals surface area contributed by atoms with Crippen LogP contribution in [0.5, 0.6) is 0 Å². The van der Waals surface area contributed by atoms with Gasteiger partial charge >= 0.3 is 0 Å². The molecule has 6 nitrogen and oxygen atoms in total. The quantitative estimate of drug-likeness (QED) is 0.781. The summed E-state index contributed by atoms with van der Waals surface area (Å²) in [4.78, 5) is 0. The van der Waals surface area contributed by atoms with Crippen molar-refractivity contribution in [1.29, 1.82) is 0 Å². The number of hydrogen-bond acceptors (Lipinski definition) is 3. The number of rotatable bonds is 4. The van der Waals surface area contributed by atoms with Crippen LogP contribution >= 0.6 is 11.6 Å². The number of aromatic nitrogens is 3. The molecule has 0 saturated carbocycles. The normalized spacial score (nSPS) is 12.2. The van der Waals surface area contributed by atoms with E-state index >= 15 is 0 Å². The molecule has 0 aliphatic heterocycles. The molecule has 0 aliphatic carbocycles. The number of nitrogens with two attached hydrogens (primary N) is 1. The molecule has 3 aromatic rings. The van der Waals surface area contributed by atoms with Crippen LogP contribution in [0, 0.1) is 6.92 Å². The predicted molar refractivity (Wildman–Crippen MR) is 91.5 cm³/mol. The van der Waals surface area contributed by atoms with E-state index in [0.717, 1.165) is 28.0 Å². The highest BCUT2D eigenvalue weighted by atomic mass is 35.5. The van der Waals surface area contributed by atoms with Crippen LogP contribution in [0.4, 0.5) is 0 Å². The second kappa shape index (κ2) is 5.67. The number of hydrogen-bond donors (Lipinski definition) is 1. The largest absolute Gasteiger partial charge is 0.301 e. The second-order valence-electron chi connectivity index (χ2n) is 5.52. The van der Waals surface area contributed by atoms with Crippen molar-refractivity contribution in [3.63, 3.8) is 0 Å². The minimum Gasteiger partial charge on any atom is -0.301 e. The van der Waals surface area contributed by atoms with Gasteiger partial charge in [0.05, 0.1) is 17.0 Å². The molecular weight excluding hydrogens is 336 g/mol. The smallest absolute Gasteiger partial charge is 0.209 e. The van der Waals surface area contributed by atoms with Gasteiger partial charge in [0.15, 0.2) is 0 Å². The molecule has 2 aromatic heterocycles. The number of nitrogens with zero attached hydrogens (tertiary/aromatic N) is 3. The van der Waals surface area contributed by atoms with Crippen molar-refractivity contribution < 1.29 is 8.42 Å². The first-order chi connectivity index (χ1) is 10.8. The lowest BCUT2D eigenvalue weighted by molar-refractivity contribution is 0.597. The van der Waals surface area contributed by atoms with Crippen LogP contribution in [0.1, 0.15) is 11.3 Å². The third kappa shape index (κ3) is 3.12. The summed E-state index contributed by atoms with van der Waals surface area (Å²) in [7, 11) is -1.70. The van der Waals surface area contributed by atoms with Crippen LogP contribution in [-0.4, -0.2) is 28.5 Å². The minimum atomic E-state index is -3.53. The van der Waals surface area contributed by atoms with Crippen molar-refractivity contribution >= 4 is 32.5 Å². The van der Waals surface area contributed by atoms with Gasteiger partial charge in [-0.2, -0.15) is 5.10 Å². The molecule has 0 spiro atoms. The molecule has 1 aromatic carbocycles. The monoisotopic (exact) mass is 352 g/mol. The molecule has 0 unspecified atom stereocenters. The molecule has 23 heavy (non-hydrogen) atoms. The molecule has 0 amide bonds. The highest BCUT2D eigenvalue weighted by molar-refractivity contribution is 7.89. The summed E-state index contributed by atoms with van der Waals surface area (Å²) in [6, 6.07) is 7.65. The molecule has 2 N–H and O–H groups in total. The summed E-state index contributed by atoms with van der Waals surface area (Å²) in [5.41, 5.74) is 2.59. The Labute approximate surface area is 139 Å². The fourth-order valence-electron chi connectivity index (χ4n) is 2.81. The van der Waals surface area contributed by atoms with E-state index in [1.165, 1.54) is 0 Å². The Morgan fingerprint density at radius 3 is 2.74 bits per heavy atom. The van der Waals surface area contributed by atoms with Crippen molar-refractivity contribution in [3.8, 4) is 5.82 Å². The Balaban J connectivity index is 2.16. The van der Waals surface area contributed by atoms with Crippen LogP contribution in [0.25, 0.3) is 16.7 Å². The Kier molecular flexibility index (Phi) is 3.95. The topological polar surface area (TPSA) is 82.9 Å². The molecule has 3 rings (SSSR count). The van der Waals surface area contributed by atoms with Crippen LogP contribution < -0.4 is 5.14 Å². The summed E-state index contributed by atoms with van der Waals surface area (Å²) in [5, 5.41) is 11.3. The van der Waals surface area contributed by atoms with Crippen LogP contribution in [-0.2, 0) is 23.5 Å². The lowest BCUT2D eigenvalue weighted by Gasteiger charge is -2.10. The summed E-state index contributed by atoms with van der Waals surface area (Å²) < 4.78 is 26.3. The van der Waals surface area contributed by atoms with E-state index in [-0.39, 0.29) is 5.75 Å². The maximum absolute atomic E-state index is 11.3. The van der Waals surface area contributed by atoms with Crippen molar-refractivity contribution in [2.45, 2.75) is 13.3 Å². The van der Waals surface area contributed by atoms with E-state index in [0.29, 0.717) is 11.4 Å². The van der Waals surface area contributed by atoms with Gasteiger partial charge < -0.3 is 4.57 Å². The Hall–Kier alpha value is -1.83. The fourth-order valence-corrected chi connectivity index (χ4v) is 3.47. The van der Waals surface area contributed by atoms with Gasteiger partial charge in [-0.1, -0.05) is 17.7 Å². The summed E-state index contributed by atoms with van der Waals surface area (Å²) in [6.07, 6.45) is 2.24. The van der Waals surface area contributed by atoms with E-state index in [1.807, 2.05) is 49.0 Å². The molecule has 0 saturated heterocycles. The first kappa shape index (κ1) is 16.0. The Morgan fingerprint density at radius 2 is 2.04 bits per heavy atom. The van der Waals surface area contributed by atoms with E-state index in [2.05, 4.69) is 5.10 Å². The number of aryl methyl sites for hydroxylation is 2. The minimum absolute atomic E-state index is 0.119. The highest BCUT2D eigenvalue weighted by Gasteiger charge is 2.18. The Bertz CT molecular complexity index is 988. The van der Waals surface area contributed by atoms with Gasteiger partial charge in [-0.25, -0.2) is 13.6 Å². The number of primary sulfonamides is 1. The van der Waals surface area contributed by atoms with Gasteiger partial charge in [0, 0.05) is 29.2 Å². The number of halogens is 1. The van der Waals surface area contributed by atoms with E-state index in [4.69, 9.17) is 16.7 Å².